The van der Waals surface area contributed by atoms with Gasteiger partial charge in [-0.1, -0.05) is 11.6 Å². The summed E-state index contributed by atoms with van der Waals surface area (Å²) in [6.45, 7) is 4.51. The number of aryl methyl sites for hydroxylation is 1. The highest BCUT2D eigenvalue weighted by atomic mass is 35.5. The van der Waals surface area contributed by atoms with Crippen molar-refractivity contribution in [2.45, 2.75) is 20.4 Å². The average molecular weight is 282 g/mol. The molecule has 2 rings (SSSR count). The zero-order chi connectivity index (χ0) is 14.0. The van der Waals surface area contributed by atoms with Gasteiger partial charge in [-0.25, -0.2) is 9.78 Å². The number of aromatic nitrogens is 3. The summed E-state index contributed by atoms with van der Waals surface area (Å²) in [5.41, 5.74) is 1.44. The zero-order valence-corrected chi connectivity index (χ0v) is 11.9. The SMILES string of the molecule is CCOC(=O)c1c(C)ccn1Cc1ncc(Cl)n1C. The number of halogens is 1. The molecule has 102 valence electrons. The van der Waals surface area contributed by atoms with Gasteiger partial charge in [-0.15, -0.1) is 0 Å². The third kappa shape index (κ3) is 2.66. The Bertz CT molecular complexity index is 601. The quantitative estimate of drug-likeness (QED) is 0.809. The summed E-state index contributed by atoms with van der Waals surface area (Å²) in [4.78, 5) is 16.2. The van der Waals surface area contributed by atoms with Gasteiger partial charge in [0, 0.05) is 13.2 Å². The van der Waals surface area contributed by atoms with Gasteiger partial charge >= 0.3 is 5.97 Å². The molecule has 2 heterocycles. The molecule has 19 heavy (non-hydrogen) atoms. The number of carbonyl (C=O) groups is 1. The third-order valence-corrected chi connectivity index (χ3v) is 3.32. The minimum atomic E-state index is -0.315. The van der Waals surface area contributed by atoms with E-state index in [9.17, 15) is 4.79 Å². The molecule has 0 atom stereocenters. The summed E-state index contributed by atoms with van der Waals surface area (Å²) in [6, 6.07) is 1.89. The molecule has 0 amide bonds. The first-order chi connectivity index (χ1) is 9.04. The second-order valence-corrected chi connectivity index (χ2v) is 4.64. The maximum Gasteiger partial charge on any atom is 0.355 e. The molecule has 0 aliphatic heterocycles. The lowest BCUT2D eigenvalue weighted by Crippen LogP contribution is -2.15. The number of esters is 1. The van der Waals surface area contributed by atoms with Crippen LogP contribution in [0.3, 0.4) is 0 Å². The van der Waals surface area contributed by atoms with Crippen LogP contribution in [0.5, 0.6) is 0 Å². The Morgan fingerprint density at radius 2 is 2.26 bits per heavy atom. The van der Waals surface area contributed by atoms with Crippen LogP contribution in [0.15, 0.2) is 18.5 Å². The van der Waals surface area contributed by atoms with E-state index in [1.54, 1.807) is 17.7 Å². The van der Waals surface area contributed by atoms with Gasteiger partial charge in [-0.05, 0) is 25.5 Å². The Kier molecular flexibility index (Phi) is 3.95. The first-order valence-corrected chi connectivity index (χ1v) is 6.41. The lowest BCUT2D eigenvalue weighted by atomic mass is 10.3. The number of ether oxygens (including phenoxy) is 1. The molecule has 0 unspecified atom stereocenters. The van der Waals surface area contributed by atoms with E-state index in [1.807, 2.05) is 30.8 Å². The predicted octanol–water partition coefficient (Wildman–Crippen LogP) is 2.41. The summed E-state index contributed by atoms with van der Waals surface area (Å²) >= 11 is 5.95. The van der Waals surface area contributed by atoms with E-state index in [0.717, 1.165) is 11.4 Å². The van der Waals surface area contributed by atoms with Crippen LogP contribution in [0.25, 0.3) is 0 Å². The van der Waals surface area contributed by atoms with E-state index in [2.05, 4.69) is 4.98 Å². The standard InChI is InChI=1S/C13H16ClN3O2/c1-4-19-13(18)12-9(2)5-6-17(12)8-11-15-7-10(14)16(11)3/h5-7H,4,8H2,1-3H3. The average Bonchev–Trinajstić information content (AvgIpc) is 2.88. The van der Waals surface area contributed by atoms with Crippen LogP contribution in [-0.2, 0) is 18.3 Å². The molecule has 0 fully saturated rings. The molecular formula is C13H16ClN3O2. The minimum absolute atomic E-state index is 0.315. The monoisotopic (exact) mass is 281 g/mol. The fourth-order valence-electron chi connectivity index (χ4n) is 1.91. The Balaban J connectivity index is 2.31. The molecule has 0 aliphatic rings. The van der Waals surface area contributed by atoms with Gasteiger partial charge in [0.25, 0.3) is 0 Å². The van der Waals surface area contributed by atoms with Crippen molar-refractivity contribution in [3.63, 3.8) is 0 Å². The van der Waals surface area contributed by atoms with E-state index >= 15 is 0 Å². The van der Waals surface area contributed by atoms with Crippen LogP contribution in [0.1, 0.15) is 28.8 Å². The van der Waals surface area contributed by atoms with Crippen molar-refractivity contribution in [1.82, 2.24) is 14.1 Å². The molecule has 0 saturated heterocycles. The summed E-state index contributed by atoms with van der Waals surface area (Å²) in [5, 5.41) is 0.566. The minimum Gasteiger partial charge on any atom is -0.461 e. The maximum atomic E-state index is 11.9. The third-order valence-electron chi connectivity index (χ3n) is 2.97. The van der Waals surface area contributed by atoms with Gasteiger partial charge in [-0.2, -0.15) is 0 Å². The van der Waals surface area contributed by atoms with Crippen LogP contribution in [-0.4, -0.2) is 26.7 Å². The molecule has 6 heteroatoms. The molecule has 0 saturated carbocycles. The van der Waals surface area contributed by atoms with Gasteiger partial charge in [-0.3, -0.25) is 0 Å². The van der Waals surface area contributed by atoms with E-state index in [1.165, 1.54) is 0 Å². The van der Waals surface area contributed by atoms with Gasteiger partial charge in [0.05, 0.1) is 19.3 Å². The smallest absolute Gasteiger partial charge is 0.355 e. The second-order valence-electron chi connectivity index (χ2n) is 4.25. The molecule has 0 spiro atoms. The van der Waals surface area contributed by atoms with Crippen molar-refractivity contribution in [3.8, 4) is 0 Å². The molecule has 0 aliphatic carbocycles. The van der Waals surface area contributed by atoms with E-state index in [-0.39, 0.29) is 5.97 Å². The summed E-state index contributed by atoms with van der Waals surface area (Å²) in [6.07, 6.45) is 3.45. The predicted molar refractivity (Wildman–Crippen MR) is 72.4 cm³/mol. The highest BCUT2D eigenvalue weighted by Crippen LogP contribution is 2.15. The number of rotatable bonds is 4. The van der Waals surface area contributed by atoms with Crippen molar-refractivity contribution in [3.05, 3.63) is 40.7 Å². The number of imidazole rings is 1. The van der Waals surface area contributed by atoms with Gasteiger partial charge < -0.3 is 13.9 Å². The molecule has 0 N–H and O–H groups in total. The Labute approximate surface area is 116 Å². The van der Waals surface area contributed by atoms with Crippen LogP contribution < -0.4 is 0 Å². The summed E-state index contributed by atoms with van der Waals surface area (Å²) in [5.74, 6) is 0.469. The molecule has 0 aromatic carbocycles. The van der Waals surface area contributed by atoms with Gasteiger partial charge in [0.15, 0.2) is 0 Å². The fraction of sp³-hybridized carbons (Fsp3) is 0.385. The Hall–Kier alpha value is -1.75. The molecule has 0 bridgehead atoms. The first kappa shape index (κ1) is 13.7. The van der Waals surface area contributed by atoms with Gasteiger partial charge in [0.1, 0.15) is 16.7 Å². The second kappa shape index (κ2) is 5.48. The normalized spacial score (nSPS) is 10.7. The van der Waals surface area contributed by atoms with Crippen molar-refractivity contribution in [2.75, 3.05) is 6.61 Å². The van der Waals surface area contributed by atoms with E-state index < -0.39 is 0 Å². The van der Waals surface area contributed by atoms with Crippen LogP contribution in [0, 0.1) is 6.92 Å². The lowest BCUT2D eigenvalue weighted by molar-refractivity contribution is 0.0513. The Morgan fingerprint density at radius 3 is 2.84 bits per heavy atom. The fourth-order valence-corrected chi connectivity index (χ4v) is 2.06. The topological polar surface area (TPSA) is 49.1 Å². The van der Waals surface area contributed by atoms with Crippen molar-refractivity contribution in [1.29, 1.82) is 0 Å². The first-order valence-electron chi connectivity index (χ1n) is 6.03. The maximum absolute atomic E-state index is 11.9. The molecule has 2 aromatic rings. The summed E-state index contributed by atoms with van der Waals surface area (Å²) in [7, 11) is 1.84. The Morgan fingerprint density at radius 1 is 1.53 bits per heavy atom. The molecule has 0 radical (unpaired) electrons. The largest absolute Gasteiger partial charge is 0.461 e. The lowest BCUT2D eigenvalue weighted by Gasteiger charge is -2.09. The number of carbonyl (C=O) groups excluding carboxylic acids is 1. The van der Waals surface area contributed by atoms with E-state index in [0.29, 0.717) is 24.0 Å². The zero-order valence-electron chi connectivity index (χ0n) is 11.2. The number of hydrogen-bond acceptors (Lipinski definition) is 3. The summed E-state index contributed by atoms with van der Waals surface area (Å²) < 4.78 is 8.68. The van der Waals surface area contributed by atoms with Crippen LogP contribution in [0.2, 0.25) is 5.15 Å². The molecular weight excluding hydrogens is 266 g/mol. The highest BCUT2D eigenvalue weighted by Gasteiger charge is 2.17. The van der Waals surface area contributed by atoms with Crippen LogP contribution in [0.4, 0.5) is 0 Å². The molecule has 2 aromatic heterocycles. The molecule has 5 nitrogen and oxygen atoms in total. The van der Waals surface area contributed by atoms with Crippen molar-refractivity contribution in [2.24, 2.45) is 7.05 Å². The van der Waals surface area contributed by atoms with Gasteiger partial charge in [0.2, 0.25) is 0 Å². The number of hydrogen-bond donors (Lipinski definition) is 0. The highest BCUT2D eigenvalue weighted by molar-refractivity contribution is 6.29. The van der Waals surface area contributed by atoms with Crippen molar-refractivity contribution < 1.29 is 9.53 Å². The van der Waals surface area contributed by atoms with Crippen molar-refractivity contribution >= 4 is 17.6 Å². The van der Waals surface area contributed by atoms with Crippen LogP contribution >= 0.6 is 11.6 Å². The number of nitrogens with zero attached hydrogens (tertiary/aromatic N) is 3. The van der Waals surface area contributed by atoms with E-state index in [4.69, 9.17) is 16.3 Å².